The molecule has 0 saturated carbocycles. The molecule has 0 bridgehead atoms. The van der Waals surface area contributed by atoms with Crippen LogP contribution in [0.5, 0.6) is 5.75 Å². The monoisotopic (exact) mass is 321 g/mol. The summed E-state index contributed by atoms with van der Waals surface area (Å²) in [5.74, 6) is 0.376. The quantitative estimate of drug-likeness (QED) is 0.468. The van der Waals surface area contributed by atoms with E-state index in [4.69, 9.17) is 4.18 Å². The molecule has 1 radical (unpaired) electrons. The van der Waals surface area contributed by atoms with Gasteiger partial charge in [-0.1, -0.05) is 12.1 Å². The predicted octanol–water partition coefficient (Wildman–Crippen LogP) is 1.25. The van der Waals surface area contributed by atoms with Gasteiger partial charge in [0.1, 0.15) is 0 Å². The molecule has 0 heterocycles. The first-order valence-corrected chi connectivity index (χ1v) is 6.02. The van der Waals surface area contributed by atoms with Gasteiger partial charge in [0.05, 0.1) is 9.83 Å². The van der Waals surface area contributed by atoms with Gasteiger partial charge in [-0.3, -0.25) is 0 Å². The second-order valence-corrected chi connectivity index (χ2v) is 4.95. The largest absolute Gasteiger partial charge is 0.381 e. The first kappa shape index (κ1) is 13.7. The Bertz CT molecular complexity index is 377. The van der Waals surface area contributed by atoms with Gasteiger partial charge in [-0.25, -0.2) is 0 Å². The molecule has 0 saturated heterocycles. The van der Waals surface area contributed by atoms with Crippen LogP contribution in [0.1, 0.15) is 0 Å². The van der Waals surface area contributed by atoms with Gasteiger partial charge in [0.2, 0.25) is 0 Å². The van der Waals surface area contributed by atoms with E-state index < -0.39 is 10.1 Å². The van der Waals surface area contributed by atoms with Crippen LogP contribution in [-0.2, 0) is 10.1 Å². The van der Waals surface area contributed by atoms with E-state index in [1.807, 2.05) is 28.7 Å². The summed E-state index contributed by atoms with van der Waals surface area (Å²) in [6.07, 6.45) is 1.02. The number of rotatable bonds is 2. The summed E-state index contributed by atoms with van der Waals surface area (Å²) in [5.41, 5.74) is 0. The van der Waals surface area contributed by atoms with Gasteiger partial charge in [-0.15, -0.1) is 0 Å². The van der Waals surface area contributed by atoms with Crippen molar-refractivity contribution in [3.63, 3.8) is 0 Å². The molecule has 0 aliphatic carbocycles. The van der Waals surface area contributed by atoms with Crippen LogP contribution in [0.2, 0.25) is 0 Å². The van der Waals surface area contributed by atoms with E-state index in [0.29, 0.717) is 5.75 Å². The van der Waals surface area contributed by atoms with E-state index in [2.05, 4.69) is 0 Å². The molecule has 1 rings (SSSR count). The van der Waals surface area contributed by atoms with Crippen molar-refractivity contribution < 1.29 is 12.6 Å². The van der Waals surface area contributed by atoms with E-state index in [0.717, 1.165) is 9.83 Å². The van der Waals surface area contributed by atoms with Crippen molar-refractivity contribution in [3.05, 3.63) is 27.8 Å². The first-order valence-electron chi connectivity index (χ1n) is 3.13. The van der Waals surface area contributed by atoms with Crippen molar-refractivity contribution in [2.75, 3.05) is 6.26 Å². The van der Waals surface area contributed by atoms with Crippen molar-refractivity contribution in [3.8, 4) is 5.75 Å². The van der Waals surface area contributed by atoms with Crippen LogP contribution in [-0.4, -0.2) is 44.2 Å². The van der Waals surface area contributed by atoms with Crippen molar-refractivity contribution in [1.29, 1.82) is 0 Å². The maximum atomic E-state index is 10.7. The normalized spacial score (nSPS) is 10.3. The molecule has 0 unspecified atom stereocenters. The van der Waals surface area contributed by atoms with Crippen LogP contribution in [0.25, 0.3) is 0 Å². The summed E-state index contributed by atoms with van der Waals surface area (Å²) in [6.45, 7) is 0. The Labute approximate surface area is 113 Å². The van der Waals surface area contributed by atoms with Gasteiger partial charge in [0.25, 0.3) is 0 Å². The molecular weight excluding hydrogens is 314 g/mol. The third kappa shape index (κ3) is 5.21. The van der Waals surface area contributed by atoms with Crippen LogP contribution in [0.15, 0.2) is 24.3 Å². The van der Waals surface area contributed by atoms with Crippen LogP contribution in [0, 0.1) is 3.57 Å². The molecule has 13 heavy (non-hydrogen) atoms. The molecule has 1 aromatic rings. The Hall–Kier alpha value is 0.700. The summed E-state index contributed by atoms with van der Waals surface area (Å²) in [7, 11) is -3.40. The first-order chi connectivity index (χ1) is 5.49. The third-order valence-electron chi connectivity index (χ3n) is 1.08. The van der Waals surface area contributed by atoms with Crippen LogP contribution in [0.3, 0.4) is 0 Å². The van der Waals surface area contributed by atoms with Gasteiger partial charge in [0.15, 0.2) is 5.75 Å². The van der Waals surface area contributed by atoms with Crippen molar-refractivity contribution >= 4 is 62.3 Å². The maximum absolute atomic E-state index is 10.7. The summed E-state index contributed by atoms with van der Waals surface area (Å²) in [6, 6.07) is 6.93. The van der Waals surface area contributed by atoms with E-state index in [9.17, 15) is 8.42 Å². The van der Waals surface area contributed by atoms with E-state index >= 15 is 0 Å². The number of halogens is 1. The molecule has 0 fully saturated rings. The Balaban J connectivity index is 0.00000144. The minimum atomic E-state index is -3.40. The van der Waals surface area contributed by atoms with Gasteiger partial charge < -0.3 is 4.18 Å². The van der Waals surface area contributed by atoms with E-state index in [1.165, 1.54) is 0 Å². The molecule has 0 aliphatic rings. The molecule has 0 spiro atoms. The molecule has 0 aliphatic heterocycles. The van der Waals surface area contributed by atoms with Crippen LogP contribution < -0.4 is 4.18 Å². The average molecular weight is 321 g/mol. The maximum Gasteiger partial charge on any atom is 0.306 e. The van der Waals surface area contributed by atoms with Crippen LogP contribution in [0.4, 0.5) is 0 Å². The standard InChI is InChI=1S/C7H7IO3S.Na/c1-12(9,10)11-7-5-3-2-4-6(7)8;/h2-5H,1H3;. The molecule has 0 N–H and O–H groups in total. The smallest absolute Gasteiger partial charge is 0.306 e. The molecule has 1 aromatic carbocycles. The van der Waals surface area contributed by atoms with Gasteiger partial charge in [-0.05, 0) is 34.7 Å². The second kappa shape index (κ2) is 5.55. The van der Waals surface area contributed by atoms with Crippen molar-refractivity contribution in [1.82, 2.24) is 0 Å². The van der Waals surface area contributed by atoms with Crippen molar-refractivity contribution in [2.24, 2.45) is 0 Å². The van der Waals surface area contributed by atoms with E-state index in [1.54, 1.807) is 18.2 Å². The minimum Gasteiger partial charge on any atom is -0.381 e. The summed E-state index contributed by atoms with van der Waals surface area (Å²) >= 11 is 2.01. The second-order valence-electron chi connectivity index (χ2n) is 2.22. The molecule has 6 heteroatoms. The van der Waals surface area contributed by atoms with Gasteiger partial charge in [0, 0.05) is 29.6 Å². The molecule has 0 atom stereocenters. The zero-order valence-corrected chi connectivity index (χ0v) is 12.3. The Morgan fingerprint density at radius 1 is 1.31 bits per heavy atom. The number of hydrogen-bond acceptors (Lipinski definition) is 3. The molecule has 67 valence electrons. The van der Waals surface area contributed by atoms with E-state index in [-0.39, 0.29) is 29.6 Å². The topological polar surface area (TPSA) is 43.4 Å². The average Bonchev–Trinajstić information content (AvgIpc) is 1.91. The molecule has 3 nitrogen and oxygen atoms in total. The van der Waals surface area contributed by atoms with Crippen molar-refractivity contribution in [2.45, 2.75) is 0 Å². The molecule has 0 amide bonds. The number of benzene rings is 1. The number of para-hydroxylation sites is 1. The zero-order valence-electron chi connectivity index (χ0n) is 7.32. The van der Waals surface area contributed by atoms with Gasteiger partial charge >= 0.3 is 10.1 Å². The Kier molecular flexibility index (Phi) is 5.85. The SMILES string of the molecule is CS(=O)(=O)Oc1ccccc1I.[Na]. The summed E-state index contributed by atoms with van der Waals surface area (Å²) in [5, 5.41) is 0. The zero-order chi connectivity index (χ0) is 9.19. The fraction of sp³-hybridized carbons (Fsp3) is 0.143. The predicted molar refractivity (Wildman–Crippen MR) is 60.4 cm³/mol. The fourth-order valence-electron chi connectivity index (χ4n) is 0.675. The summed E-state index contributed by atoms with van der Waals surface area (Å²) < 4.78 is 26.9. The minimum absolute atomic E-state index is 0. The van der Waals surface area contributed by atoms with Crippen LogP contribution >= 0.6 is 22.6 Å². The summed E-state index contributed by atoms with van der Waals surface area (Å²) in [4.78, 5) is 0. The molecule has 0 aromatic heterocycles. The third-order valence-corrected chi connectivity index (χ3v) is 2.45. The molecular formula is C7H7INaO3S. The fourth-order valence-corrected chi connectivity index (χ4v) is 1.79. The van der Waals surface area contributed by atoms with Gasteiger partial charge in [-0.2, -0.15) is 8.42 Å². The Morgan fingerprint density at radius 3 is 2.31 bits per heavy atom. The number of hydrogen-bond donors (Lipinski definition) is 0. The Morgan fingerprint density at radius 2 is 1.85 bits per heavy atom.